The van der Waals surface area contributed by atoms with Crippen LogP contribution in [0.4, 0.5) is 4.39 Å². The highest BCUT2D eigenvalue weighted by Gasteiger charge is 2.10. The van der Waals surface area contributed by atoms with E-state index in [2.05, 4.69) is 5.32 Å². The van der Waals surface area contributed by atoms with Crippen LogP contribution in [-0.2, 0) is 0 Å². The van der Waals surface area contributed by atoms with Gasteiger partial charge in [-0.2, -0.15) is 0 Å². The molecule has 0 radical (unpaired) electrons. The third-order valence-corrected chi connectivity index (χ3v) is 2.60. The normalized spacial score (nSPS) is 12.1. The average molecular weight is 237 g/mol. The zero-order chi connectivity index (χ0) is 12.8. The van der Waals surface area contributed by atoms with Crippen molar-refractivity contribution in [1.29, 1.82) is 0 Å². The first-order chi connectivity index (χ1) is 8.04. The molecule has 1 aromatic rings. The Hall–Kier alpha value is -1.35. The van der Waals surface area contributed by atoms with E-state index < -0.39 is 0 Å². The molecule has 2 nitrogen and oxygen atoms in total. The van der Waals surface area contributed by atoms with Gasteiger partial charge in [0.2, 0.25) is 0 Å². The molecule has 0 aliphatic rings. The van der Waals surface area contributed by atoms with Crippen molar-refractivity contribution < 1.29 is 9.13 Å². The van der Waals surface area contributed by atoms with Crippen molar-refractivity contribution in [2.24, 2.45) is 0 Å². The molecule has 1 aromatic carbocycles. The fourth-order valence-electron chi connectivity index (χ4n) is 1.44. The third-order valence-electron chi connectivity index (χ3n) is 2.60. The van der Waals surface area contributed by atoms with Crippen LogP contribution < -0.4 is 10.1 Å². The fraction of sp³-hybridized carbons (Fsp3) is 0.429. The smallest absolute Gasteiger partial charge is 0.124 e. The molecule has 17 heavy (non-hydrogen) atoms. The van der Waals surface area contributed by atoms with Crippen LogP contribution in [0, 0.1) is 5.82 Å². The van der Waals surface area contributed by atoms with Crippen LogP contribution in [0.3, 0.4) is 0 Å². The minimum Gasteiger partial charge on any atom is -0.489 e. The maximum Gasteiger partial charge on any atom is 0.124 e. The number of rotatable bonds is 5. The monoisotopic (exact) mass is 237 g/mol. The molecule has 3 heteroatoms. The number of benzene rings is 1. The molecule has 0 aromatic heterocycles. The number of nitrogens with one attached hydrogen (secondary N) is 1. The van der Waals surface area contributed by atoms with Crippen LogP contribution in [0.25, 0.3) is 0 Å². The van der Waals surface area contributed by atoms with E-state index in [0.29, 0.717) is 6.61 Å². The summed E-state index contributed by atoms with van der Waals surface area (Å²) in [4.78, 5) is 0. The Kier molecular flexibility index (Phi) is 5.16. The minimum atomic E-state index is -0.239. The Morgan fingerprint density at radius 3 is 2.76 bits per heavy atom. The lowest BCUT2D eigenvalue weighted by molar-refractivity contribution is 0.353. The van der Waals surface area contributed by atoms with Gasteiger partial charge in [-0.1, -0.05) is 5.57 Å². The van der Waals surface area contributed by atoms with Gasteiger partial charge >= 0.3 is 0 Å². The Balaban J connectivity index is 2.86. The van der Waals surface area contributed by atoms with Crippen LogP contribution in [0.5, 0.6) is 5.75 Å². The molecule has 0 bridgehead atoms. The molecule has 0 saturated carbocycles. The molecular formula is C14H20FNO. The molecular weight excluding hydrogens is 217 g/mol. The molecule has 0 saturated heterocycles. The molecule has 1 atom stereocenters. The highest BCUT2D eigenvalue weighted by molar-refractivity contribution is 5.36. The van der Waals surface area contributed by atoms with Crippen LogP contribution in [0.1, 0.15) is 32.4 Å². The van der Waals surface area contributed by atoms with Crippen LogP contribution in [0.15, 0.2) is 29.8 Å². The van der Waals surface area contributed by atoms with E-state index in [-0.39, 0.29) is 11.9 Å². The Morgan fingerprint density at radius 1 is 1.47 bits per heavy atom. The van der Waals surface area contributed by atoms with Crippen LogP contribution >= 0.6 is 0 Å². The van der Waals surface area contributed by atoms with E-state index in [1.807, 2.05) is 33.9 Å². The lowest BCUT2D eigenvalue weighted by atomic mass is 10.1. The van der Waals surface area contributed by atoms with Gasteiger partial charge in [0.25, 0.3) is 0 Å². The van der Waals surface area contributed by atoms with Gasteiger partial charge in [-0.3, -0.25) is 0 Å². The van der Waals surface area contributed by atoms with E-state index >= 15 is 0 Å². The molecule has 0 heterocycles. The summed E-state index contributed by atoms with van der Waals surface area (Å²) in [6.07, 6.45) is 2.00. The van der Waals surface area contributed by atoms with Crippen molar-refractivity contribution in [1.82, 2.24) is 5.32 Å². The summed E-state index contributed by atoms with van der Waals surface area (Å²) >= 11 is 0. The predicted molar refractivity (Wildman–Crippen MR) is 68.8 cm³/mol. The van der Waals surface area contributed by atoms with Crippen LogP contribution in [-0.4, -0.2) is 13.7 Å². The second-order valence-corrected chi connectivity index (χ2v) is 4.28. The van der Waals surface area contributed by atoms with Gasteiger partial charge in [0.05, 0.1) is 0 Å². The van der Waals surface area contributed by atoms with Crippen molar-refractivity contribution in [3.8, 4) is 5.75 Å². The first-order valence-electron chi connectivity index (χ1n) is 5.77. The number of hydrogen-bond donors (Lipinski definition) is 1. The van der Waals surface area contributed by atoms with Gasteiger partial charge < -0.3 is 10.1 Å². The highest BCUT2D eigenvalue weighted by Crippen LogP contribution is 2.25. The molecule has 0 aliphatic carbocycles. The molecule has 0 fully saturated rings. The minimum absolute atomic E-state index is 0.0624. The van der Waals surface area contributed by atoms with E-state index in [1.54, 1.807) is 6.07 Å². The topological polar surface area (TPSA) is 21.3 Å². The molecule has 0 aliphatic heterocycles. The maximum absolute atomic E-state index is 13.2. The van der Waals surface area contributed by atoms with Crippen LogP contribution in [0.2, 0.25) is 0 Å². The third kappa shape index (κ3) is 4.19. The van der Waals surface area contributed by atoms with Gasteiger partial charge in [0, 0.05) is 11.6 Å². The van der Waals surface area contributed by atoms with Gasteiger partial charge in [-0.05, 0) is 52.1 Å². The Morgan fingerprint density at radius 2 is 2.18 bits per heavy atom. The number of ether oxygens (including phenoxy) is 1. The molecule has 0 amide bonds. The summed E-state index contributed by atoms with van der Waals surface area (Å²) < 4.78 is 18.8. The molecule has 1 rings (SSSR count). The Labute approximate surface area is 102 Å². The maximum atomic E-state index is 13.2. The van der Waals surface area contributed by atoms with Crippen molar-refractivity contribution >= 4 is 0 Å². The van der Waals surface area contributed by atoms with Gasteiger partial charge in [-0.25, -0.2) is 4.39 Å². The largest absolute Gasteiger partial charge is 0.489 e. The lowest BCUT2D eigenvalue weighted by Gasteiger charge is -2.16. The molecule has 1 N–H and O–H groups in total. The van der Waals surface area contributed by atoms with E-state index in [0.717, 1.165) is 11.3 Å². The summed E-state index contributed by atoms with van der Waals surface area (Å²) in [5.74, 6) is 0.488. The van der Waals surface area contributed by atoms with Crippen molar-refractivity contribution in [3.63, 3.8) is 0 Å². The summed E-state index contributed by atoms with van der Waals surface area (Å²) in [6.45, 7) is 6.52. The van der Waals surface area contributed by atoms with Crippen molar-refractivity contribution in [3.05, 3.63) is 41.2 Å². The van der Waals surface area contributed by atoms with Gasteiger partial charge in [0.1, 0.15) is 18.2 Å². The van der Waals surface area contributed by atoms with E-state index in [9.17, 15) is 4.39 Å². The number of hydrogen-bond acceptors (Lipinski definition) is 2. The zero-order valence-electron chi connectivity index (χ0n) is 10.9. The summed E-state index contributed by atoms with van der Waals surface area (Å²) in [5, 5.41) is 3.09. The Bertz CT molecular complexity index is 397. The quantitative estimate of drug-likeness (QED) is 0.792. The number of halogens is 1. The second-order valence-electron chi connectivity index (χ2n) is 4.28. The van der Waals surface area contributed by atoms with E-state index in [1.165, 1.54) is 17.7 Å². The molecule has 0 spiro atoms. The average Bonchev–Trinajstić information content (AvgIpc) is 2.29. The highest BCUT2D eigenvalue weighted by atomic mass is 19.1. The first-order valence-corrected chi connectivity index (χ1v) is 5.77. The summed E-state index contributed by atoms with van der Waals surface area (Å²) in [6, 6.07) is 4.67. The first kappa shape index (κ1) is 13.7. The molecule has 94 valence electrons. The van der Waals surface area contributed by atoms with E-state index in [4.69, 9.17) is 4.74 Å². The van der Waals surface area contributed by atoms with Crippen molar-refractivity contribution in [2.75, 3.05) is 13.7 Å². The number of allylic oxidation sites excluding steroid dienone is 1. The molecule has 1 unspecified atom stereocenters. The standard InChI is InChI=1S/C14H20FNO/c1-10(2)7-8-17-14-6-5-12(15)9-13(14)11(3)16-4/h5-7,9,11,16H,8H2,1-4H3. The summed E-state index contributed by atoms with van der Waals surface area (Å²) in [7, 11) is 1.84. The van der Waals surface area contributed by atoms with Gasteiger partial charge in [0.15, 0.2) is 0 Å². The fourth-order valence-corrected chi connectivity index (χ4v) is 1.44. The lowest BCUT2D eigenvalue weighted by Crippen LogP contribution is -2.14. The second kappa shape index (κ2) is 6.40. The zero-order valence-corrected chi connectivity index (χ0v) is 10.9. The summed E-state index contributed by atoms with van der Waals surface area (Å²) in [5.41, 5.74) is 2.05. The SMILES string of the molecule is CNC(C)c1cc(F)ccc1OCC=C(C)C. The van der Waals surface area contributed by atoms with Gasteiger partial charge in [-0.15, -0.1) is 0 Å². The predicted octanol–water partition coefficient (Wildman–Crippen LogP) is 3.45. The van der Waals surface area contributed by atoms with Crippen molar-refractivity contribution in [2.45, 2.75) is 26.8 Å².